The van der Waals surface area contributed by atoms with Crippen molar-refractivity contribution in [2.45, 2.75) is 27.3 Å². The maximum absolute atomic E-state index is 12.8. The van der Waals surface area contributed by atoms with Crippen LogP contribution in [-0.4, -0.2) is 30.9 Å². The monoisotopic (exact) mass is 414 g/mol. The van der Waals surface area contributed by atoms with Crippen molar-refractivity contribution in [3.05, 3.63) is 65.5 Å². The number of benzene rings is 2. The number of carbonyl (C=O) groups is 3. The van der Waals surface area contributed by atoms with Gasteiger partial charge in [0.2, 0.25) is 5.91 Å². The molecule has 0 radical (unpaired) electrons. The minimum absolute atomic E-state index is 0.108. The maximum atomic E-state index is 12.8. The van der Waals surface area contributed by atoms with Crippen molar-refractivity contribution >= 4 is 23.5 Å². The van der Waals surface area contributed by atoms with E-state index in [2.05, 4.69) is 21.3 Å². The first kappa shape index (κ1) is 22.9. The van der Waals surface area contributed by atoms with Gasteiger partial charge in [0.05, 0.1) is 0 Å². The molecular weight excluding hydrogens is 387 g/mol. The Morgan fingerprint density at radius 1 is 0.833 bits per heavy atom. The number of hydrogen-bond donors (Lipinski definition) is 4. The molecule has 0 aliphatic rings. The Morgan fingerprint density at radius 2 is 1.43 bits per heavy atom. The quantitative estimate of drug-likeness (QED) is 0.524. The summed E-state index contributed by atoms with van der Waals surface area (Å²) in [5.41, 5.74) is 1.34. The molecule has 160 valence electrons. The summed E-state index contributed by atoms with van der Waals surface area (Å²) in [5, 5.41) is 10.8. The first-order valence-corrected chi connectivity index (χ1v) is 9.61. The van der Waals surface area contributed by atoms with Gasteiger partial charge in [-0.3, -0.25) is 9.59 Å². The molecular formula is C22H27FN4O3. The number of anilines is 1. The molecule has 0 unspecified atom stereocenters. The SMILES string of the molecule is CC(C)(C)C(=O)Nc1ccc(C(=O)NCCNC(=O)NCc2ccc(F)cc2)cc1. The second-order valence-corrected chi connectivity index (χ2v) is 7.77. The molecule has 0 aliphatic heterocycles. The number of nitrogens with one attached hydrogen (secondary N) is 4. The number of halogens is 1. The number of rotatable bonds is 7. The fraction of sp³-hybridized carbons (Fsp3) is 0.318. The lowest BCUT2D eigenvalue weighted by molar-refractivity contribution is -0.123. The fourth-order valence-corrected chi connectivity index (χ4v) is 2.32. The van der Waals surface area contributed by atoms with Crippen LogP contribution in [0, 0.1) is 11.2 Å². The Bertz CT molecular complexity index is 875. The van der Waals surface area contributed by atoms with Gasteiger partial charge in [-0.15, -0.1) is 0 Å². The van der Waals surface area contributed by atoms with E-state index >= 15 is 0 Å². The average molecular weight is 414 g/mol. The minimum Gasteiger partial charge on any atom is -0.350 e. The van der Waals surface area contributed by atoms with Crippen LogP contribution in [0.25, 0.3) is 0 Å². The van der Waals surface area contributed by atoms with Crippen molar-refractivity contribution in [1.29, 1.82) is 0 Å². The Balaban J connectivity index is 1.68. The third-order valence-electron chi connectivity index (χ3n) is 4.15. The van der Waals surface area contributed by atoms with E-state index in [1.54, 1.807) is 36.4 Å². The van der Waals surface area contributed by atoms with Gasteiger partial charge in [-0.2, -0.15) is 0 Å². The van der Waals surface area contributed by atoms with Crippen molar-refractivity contribution in [1.82, 2.24) is 16.0 Å². The van der Waals surface area contributed by atoms with Crippen molar-refractivity contribution in [3.63, 3.8) is 0 Å². The number of carbonyl (C=O) groups excluding carboxylic acids is 3. The van der Waals surface area contributed by atoms with E-state index < -0.39 is 5.41 Å². The van der Waals surface area contributed by atoms with Crippen LogP contribution in [0.15, 0.2) is 48.5 Å². The van der Waals surface area contributed by atoms with Crippen molar-refractivity contribution in [2.75, 3.05) is 18.4 Å². The molecule has 8 heteroatoms. The third kappa shape index (κ3) is 7.54. The fourth-order valence-electron chi connectivity index (χ4n) is 2.32. The summed E-state index contributed by atoms with van der Waals surface area (Å²) in [6.45, 7) is 6.24. The molecule has 0 spiro atoms. The van der Waals surface area contributed by atoms with Gasteiger partial charge in [0.25, 0.3) is 5.91 Å². The number of hydrogen-bond acceptors (Lipinski definition) is 3. The van der Waals surface area contributed by atoms with Crippen LogP contribution >= 0.6 is 0 Å². The average Bonchev–Trinajstić information content (AvgIpc) is 2.70. The second kappa shape index (κ2) is 10.4. The molecule has 0 saturated heterocycles. The normalized spacial score (nSPS) is 10.8. The summed E-state index contributed by atoms with van der Waals surface area (Å²) in [6, 6.07) is 12.0. The summed E-state index contributed by atoms with van der Waals surface area (Å²) in [5.74, 6) is -0.719. The summed E-state index contributed by atoms with van der Waals surface area (Å²) < 4.78 is 12.8. The molecule has 4 amide bonds. The van der Waals surface area contributed by atoms with Gasteiger partial charge < -0.3 is 21.3 Å². The Labute approximate surface area is 175 Å². The van der Waals surface area contributed by atoms with E-state index in [1.165, 1.54) is 12.1 Å². The van der Waals surface area contributed by atoms with Crippen LogP contribution in [0.4, 0.5) is 14.9 Å². The Kier molecular flexibility index (Phi) is 7.91. The summed E-state index contributed by atoms with van der Waals surface area (Å²) >= 11 is 0. The van der Waals surface area contributed by atoms with Gasteiger partial charge in [-0.1, -0.05) is 32.9 Å². The van der Waals surface area contributed by atoms with Gasteiger partial charge in [0.15, 0.2) is 0 Å². The standard InChI is InChI=1S/C22H27FN4O3/c1-22(2,3)20(29)27-18-10-6-16(7-11-18)19(28)24-12-13-25-21(30)26-14-15-4-8-17(23)9-5-15/h4-11H,12-14H2,1-3H3,(H,24,28)(H,27,29)(H2,25,26,30). The molecule has 30 heavy (non-hydrogen) atoms. The summed E-state index contributed by atoms with van der Waals surface area (Å²) in [6.07, 6.45) is 0. The van der Waals surface area contributed by atoms with E-state index in [0.717, 1.165) is 5.56 Å². The first-order valence-electron chi connectivity index (χ1n) is 9.61. The lowest BCUT2D eigenvalue weighted by atomic mass is 9.95. The predicted octanol–water partition coefficient (Wildman–Crippen LogP) is 3.04. The van der Waals surface area contributed by atoms with Crippen LogP contribution in [0.2, 0.25) is 0 Å². The van der Waals surface area contributed by atoms with Crippen LogP contribution in [0.3, 0.4) is 0 Å². The Hall–Kier alpha value is -3.42. The zero-order chi connectivity index (χ0) is 22.1. The minimum atomic E-state index is -0.506. The van der Waals surface area contributed by atoms with Crippen molar-refractivity contribution in [3.8, 4) is 0 Å². The van der Waals surface area contributed by atoms with E-state index in [-0.39, 0.29) is 43.3 Å². The van der Waals surface area contributed by atoms with Gasteiger partial charge in [-0.05, 0) is 42.0 Å². The number of amides is 4. The molecule has 0 fully saturated rings. The van der Waals surface area contributed by atoms with Crippen LogP contribution in [-0.2, 0) is 11.3 Å². The van der Waals surface area contributed by atoms with E-state index in [4.69, 9.17) is 0 Å². The van der Waals surface area contributed by atoms with Gasteiger partial charge in [0, 0.05) is 36.3 Å². The molecule has 0 atom stereocenters. The molecule has 4 N–H and O–H groups in total. The molecule has 2 aromatic carbocycles. The highest BCUT2D eigenvalue weighted by Gasteiger charge is 2.21. The van der Waals surface area contributed by atoms with Crippen LogP contribution in [0.1, 0.15) is 36.7 Å². The largest absolute Gasteiger partial charge is 0.350 e. The maximum Gasteiger partial charge on any atom is 0.315 e. The van der Waals surface area contributed by atoms with Gasteiger partial charge in [0.1, 0.15) is 5.82 Å². The highest BCUT2D eigenvalue weighted by molar-refractivity contribution is 5.97. The third-order valence-corrected chi connectivity index (χ3v) is 4.15. The summed E-state index contributed by atoms with van der Waals surface area (Å²) in [4.78, 5) is 35.9. The number of urea groups is 1. The van der Waals surface area contributed by atoms with Crippen molar-refractivity contribution in [2.24, 2.45) is 5.41 Å². The molecule has 0 bridgehead atoms. The molecule has 2 rings (SSSR count). The van der Waals surface area contributed by atoms with Gasteiger partial charge in [-0.25, -0.2) is 9.18 Å². The molecule has 0 aliphatic carbocycles. The molecule has 0 aromatic heterocycles. The first-order chi connectivity index (χ1) is 14.1. The van der Waals surface area contributed by atoms with Gasteiger partial charge >= 0.3 is 6.03 Å². The molecule has 7 nitrogen and oxygen atoms in total. The molecule has 2 aromatic rings. The predicted molar refractivity (Wildman–Crippen MR) is 113 cm³/mol. The lowest BCUT2D eigenvalue weighted by Crippen LogP contribution is -2.40. The molecule has 0 heterocycles. The van der Waals surface area contributed by atoms with Crippen LogP contribution in [0.5, 0.6) is 0 Å². The topological polar surface area (TPSA) is 99.3 Å². The smallest absolute Gasteiger partial charge is 0.315 e. The van der Waals surface area contributed by atoms with E-state index in [9.17, 15) is 18.8 Å². The van der Waals surface area contributed by atoms with Crippen molar-refractivity contribution < 1.29 is 18.8 Å². The van der Waals surface area contributed by atoms with E-state index in [0.29, 0.717) is 11.3 Å². The zero-order valence-electron chi connectivity index (χ0n) is 17.3. The highest BCUT2D eigenvalue weighted by atomic mass is 19.1. The van der Waals surface area contributed by atoms with E-state index in [1.807, 2.05) is 20.8 Å². The highest BCUT2D eigenvalue weighted by Crippen LogP contribution is 2.17. The second-order valence-electron chi connectivity index (χ2n) is 7.77. The lowest BCUT2D eigenvalue weighted by Gasteiger charge is -2.17. The summed E-state index contributed by atoms with van der Waals surface area (Å²) in [7, 11) is 0. The van der Waals surface area contributed by atoms with Crippen LogP contribution < -0.4 is 21.3 Å². The zero-order valence-corrected chi connectivity index (χ0v) is 17.3. The Morgan fingerprint density at radius 3 is 2.03 bits per heavy atom. The molecule has 0 saturated carbocycles.